The van der Waals surface area contributed by atoms with Crippen LogP contribution in [0.2, 0.25) is 0 Å². The van der Waals surface area contributed by atoms with Gasteiger partial charge in [0.1, 0.15) is 0 Å². The molecule has 6 heteroatoms. The molecule has 0 atom stereocenters. The quantitative estimate of drug-likeness (QED) is 0.154. The van der Waals surface area contributed by atoms with Crippen LogP contribution in [-0.4, -0.2) is 29.9 Å². The van der Waals surface area contributed by atoms with Gasteiger partial charge in [-0.3, -0.25) is 0 Å². The van der Waals surface area contributed by atoms with Crippen molar-refractivity contribution in [1.82, 2.24) is 29.9 Å². The molecule has 0 bridgehead atoms. The van der Waals surface area contributed by atoms with Crippen molar-refractivity contribution in [3.05, 3.63) is 192 Å². The molecule has 9 aromatic rings. The van der Waals surface area contributed by atoms with Crippen molar-refractivity contribution in [1.29, 1.82) is 0 Å². The van der Waals surface area contributed by atoms with E-state index in [1.165, 1.54) is 33.4 Å². The van der Waals surface area contributed by atoms with Crippen molar-refractivity contribution < 1.29 is 0 Å². The normalized spacial score (nSPS) is 11.1. The van der Waals surface area contributed by atoms with Gasteiger partial charge in [0, 0.05) is 33.4 Å². The van der Waals surface area contributed by atoms with E-state index in [-0.39, 0.29) is 0 Å². The predicted octanol–water partition coefficient (Wildman–Crippen LogP) is 12.6. The highest BCUT2D eigenvalue weighted by atomic mass is 15.0. The number of nitrogens with zero attached hydrogens (tertiary/aromatic N) is 6. The van der Waals surface area contributed by atoms with Gasteiger partial charge in [-0.2, -0.15) is 0 Å². The lowest BCUT2D eigenvalue weighted by Gasteiger charge is -2.21. The van der Waals surface area contributed by atoms with Crippen molar-refractivity contribution in [2.75, 3.05) is 0 Å². The van der Waals surface area contributed by atoms with E-state index in [1.807, 2.05) is 121 Å². The molecule has 0 saturated carbocycles. The monoisotopic (exact) mass is 748 g/mol. The first kappa shape index (κ1) is 36.2. The van der Waals surface area contributed by atoms with Gasteiger partial charge < -0.3 is 0 Å². The molecule has 0 amide bonds. The molecule has 9 rings (SSSR count). The molecule has 0 aliphatic rings. The molecule has 0 aliphatic heterocycles. The van der Waals surface area contributed by atoms with Crippen molar-refractivity contribution >= 4 is 0 Å². The molecule has 0 aliphatic carbocycles. The van der Waals surface area contributed by atoms with Crippen LogP contribution >= 0.6 is 0 Å². The molecule has 278 valence electrons. The SMILES string of the molecule is Cc1c(C)c(-c2ccc(-c3nc(-c4ccccc4)nc(-c4ccccc4)n3)cc2)c(C)c(C)c1-c1ccc(-c2nc(-c3ccccc3)nc(-c3ccccc3)n2)cc1. The Morgan fingerprint density at radius 1 is 0.207 bits per heavy atom. The highest BCUT2D eigenvalue weighted by molar-refractivity contribution is 5.84. The van der Waals surface area contributed by atoms with Crippen LogP contribution in [0.1, 0.15) is 22.3 Å². The molecule has 7 aromatic carbocycles. The first-order chi connectivity index (χ1) is 28.4. The van der Waals surface area contributed by atoms with Crippen molar-refractivity contribution in [3.8, 4) is 90.6 Å². The minimum atomic E-state index is 0.642. The zero-order valence-corrected chi connectivity index (χ0v) is 32.8. The molecular weight excluding hydrogens is 709 g/mol. The summed E-state index contributed by atoms with van der Waals surface area (Å²) >= 11 is 0. The summed E-state index contributed by atoms with van der Waals surface area (Å²) in [6.45, 7) is 8.92. The van der Waals surface area contributed by atoms with E-state index in [0.717, 1.165) is 44.5 Å². The molecule has 58 heavy (non-hydrogen) atoms. The van der Waals surface area contributed by atoms with Crippen LogP contribution in [-0.2, 0) is 0 Å². The van der Waals surface area contributed by atoms with Gasteiger partial charge in [0.05, 0.1) is 0 Å². The summed E-state index contributed by atoms with van der Waals surface area (Å²) < 4.78 is 0. The number of benzene rings is 7. The van der Waals surface area contributed by atoms with E-state index in [9.17, 15) is 0 Å². The van der Waals surface area contributed by atoms with Gasteiger partial charge in [0.15, 0.2) is 34.9 Å². The van der Waals surface area contributed by atoms with Gasteiger partial charge in [-0.1, -0.05) is 170 Å². The van der Waals surface area contributed by atoms with Crippen LogP contribution in [0.3, 0.4) is 0 Å². The Kier molecular flexibility index (Phi) is 9.74. The molecule has 6 nitrogen and oxygen atoms in total. The van der Waals surface area contributed by atoms with E-state index in [1.54, 1.807) is 0 Å². The molecule has 2 heterocycles. The van der Waals surface area contributed by atoms with Gasteiger partial charge >= 0.3 is 0 Å². The Morgan fingerprint density at radius 2 is 0.379 bits per heavy atom. The van der Waals surface area contributed by atoms with Gasteiger partial charge in [0.25, 0.3) is 0 Å². The number of hydrogen-bond acceptors (Lipinski definition) is 6. The number of aromatic nitrogens is 6. The lowest BCUT2D eigenvalue weighted by atomic mass is 9.83. The molecule has 0 spiro atoms. The van der Waals surface area contributed by atoms with Crippen LogP contribution in [0.25, 0.3) is 90.6 Å². The zero-order valence-electron chi connectivity index (χ0n) is 32.8. The van der Waals surface area contributed by atoms with Crippen molar-refractivity contribution in [3.63, 3.8) is 0 Å². The second-order valence-corrected chi connectivity index (χ2v) is 14.5. The molecule has 0 N–H and O–H groups in total. The minimum absolute atomic E-state index is 0.642. The summed E-state index contributed by atoms with van der Waals surface area (Å²) in [5.74, 6) is 3.89. The predicted molar refractivity (Wildman–Crippen MR) is 236 cm³/mol. The maximum Gasteiger partial charge on any atom is 0.164 e. The van der Waals surface area contributed by atoms with Crippen LogP contribution in [0.5, 0.6) is 0 Å². The fraction of sp³-hybridized carbons (Fsp3) is 0.0769. The van der Waals surface area contributed by atoms with E-state index in [0.29, 0.717) is 34.9 Å². The van der Waals surface area contributed by atoms with Crippen LogP contribution in [0.4, 0.5) is 0 Å². The van der Waals surface area contributed by atoms with E-state index < -0.39 is 0 Å². The van der Waals surface area contributed by atoms with Crippen LogP contribution in [0, 0.1) is 27.7 Å². The first-order valence-electron chi connectivity index (χ1n) is 19.5. The Hall–Kier alpha value is -7.44. The Morgan fingerprint density at radius 3 is 0.586 bits per heavy atom. The van der Waals surface area contributed by atoms with Gasteiger partial charge in [-0.25, -0.2) is 29.9 Å². The maximum atomic E-state index is 4.94. The highest BCUT2D eigenvalue weighted by Crippen LogP contribution is 2.40. The van der Waals surface area contributed by atoms with E-state index in [4.69, 9.17) is 29.9 Å². The number of hydrogen-bond donors (Lipinski definition) is 0. The summed E-state index contributed by atoms with van der Waals surface area (Å²) in [6, 6.07) is 57.5. The van der Waals surface area contributed by atoms with E-state index in [2.05, 4.69) is 76.2 Å². The lowest BCUT2D eigenvalue weighted by Crippen LogP contribution is -2.01. The average Bonchev–Trinajstić information content (AvgIpc) is 3.30. The van der Waals surface area contributed by atoms with Crippen molar-refractivity contribution in [2.45, 2.75) is 27.7 Å². The summed E-state index contributed by atoms with van der Waals surface area (Å²) in [7, 11) is 0. The minimum Gasteiger partial charge on any atom is -0.208 e. The Bertz CT molecular complexity index is 2530. The van der Waals surface area contributed by atoms with Gasteiger partial charge in [-0.15, -0.1) is 0 Å². The summed E-state index contributed by atoms with van der Waals surface area (Å²) in [5, 5.41) is 0. The van der Waals surface area contributed by atoms with E-state index >= 15 is 0 Å². The smallest absolute Gasteiger partial charge is 0.164 e. The average molecular weight is 749 g/mol. The molecular formula is C52H40N6. The second kappa shape index (κ2) is 15.6. The summed E-state index contributed by atoms with van der Waals surface area (Å²) in [6.07, 6.45) is 0. The third-order valence-corrected chi connectivity index (χ3v) is 10.9. The third kappa shape index (κ3) is 7.08. The van der Waals surface area contributed by atoms with Crippen LogP contribution in [0.15, 0.2) is 170 Å². The van der Waals surface area contributed by atoms with Crippen molar-refractivity contribution in [2.24, 2.45) is 0 Å². The molecule has 0 radical (unpaired) electrons. The molecule has 0 fully saturated rings. The Balaban J connectivity index is 1.05. The van der Waals surface area contributed by atoms with Crippen LogP contribution < -0.4 is 0 Å². The number of rotatable bonds is 8. The van der Waals surface area contributed by atoms with Gasteiger partial charge in [0.2, 0.25) is 0 Å². The lowest BCUT2D eigenvalue weighted by molar-refractivity contribution is 1.07. The first-order valence-corrected chi connectivity index (χ1v) is 19.5. The fourth-order valence-electron chi connectivity index (χ4n) is 7.63. The Labute approximate surface area is 339 Å². The fourth-order valence-corrected chi connectivity index (χ4v) is 7.63. The second-order valence-electron chi connectivity index (χ2n) is 14.5. The summed E-state index contributed by atoms with van der Waals surface area (Å²) in [5.41, 5.74) is 15.5. The molecule has 0 saturated heterocycles. The third-order valence-electron chi connectivity index (χ3n) is 10.9. The highest BCUT2D eigenvalue weighted by Gasteiger charge is 2.19. The largest absolute Gasteiger partial charge is 0.208 e. The molecule has 2 aromatic heterocycles. The summed E-state index contributed by atoms with van der Waals surface area (Å²) in [4.78, 5) is 29.5. The molecule has 0 unspecified atom stereocenters. The maximum absolute atomic E-state index is 4.94. The zero-order chi connectivity index (χ0) is 39.6. The standard InChI is InChI=1S/C52H40N6/c1-33-34(2)46(38-27-31-44(32-28-38)52-57-49(41-21-13-7-14-22-41)54-50(58-52)42-23-15-8-16-24-42)36(4)35(3)45(33)37-25-29-43(30-26-37)51-55-47(39-17-9-5-10-18-39)53-48(56-51)40-19-11-6-12-20-40/h5-32H,1-4H3. The van der Waals surface area contributed by atoms with Gasteiger partial charge in [-0.05, 0) is 72.2 Å². The topological polar surface area (TPSA) is 77.3 Å².